The highest BCUT2D eigenvalue weighted by Gasteiger charge is 2.14. The first-order valence-corrected chi connectivity index (χ1v) is 7.26. The molecule has 1 saturated heterocycles. The Labute approximate surface area is 124 Å². The number of benzene rings is 1. The van der Waals surface area contributed by atoms with Crippen LogP contribution in [-0.4, -0.2) is 31.6 Å². The lowest BCUT2D eigenvalue weighted by Gasteiger charge is -2.10. The third kappa shape index (κ3) is 5.07. The van der Waals surface area contributed by atoms with Crippen LogP contribution in [0.25, 0.3) is 0 Å². The quantitative estimate of drug-likeness (QED) is 0.617. The summed E-state index contributed by atoms with van der Waals surface area (Å²) >= 11 is 0. The minimum Gasteiger partial charge on any atom is -0.352 e. The number of nitrogens with two attached hydrogens (primary N) is 1. The van der Waals surface area contributed by atoms with Gasteiger partial charge in [0.25, 0.3) is 5.91 Å². The van der Waals surface area contributed by atoms with Crippen LogP contribution in [0.15, 0.2) is 24.3 Å². The van der Waals surface area contributed by atoms with E-state index in [0.29, 0.717) is 24.6 Å². The largest absolute Gasteiger partial charge is 0.352 e. The van der Waals surface area contributed by atoms with Crippen molar-refractivity contribution in [3.05, 3.63) is 35.4 Å². The fourth-order valence-corrected chi connectivity index (χ4v) is 2.42. The number of hydrogen-bond acceptors (Lipinski definition) is 3. The molecule has 0 aromatic heterocycles. The van der Waals surface area contributed by atoms with Crippen LogP contribution >= 0.6 is 0 Å². The van der Waals surface area contributed by atoms with E-state index in [2.05, 4.69) is 16.0 Å². The second-order valence-corrected chi connectivity index (χ2v) is 5.32. The first kappa shape index (κ1) is 15.3. The summed E-state index contributed by atoms with van der Waals surface area (Å²) < 4.78 is 0. The molecular weight excluding hydrogens is 268 g/mol. The second-order valence-electron chi connectivity index (χ2n) is 5.32. The first-order chi connectivity index (χ1) is 10.1. The second kappa shape index (κ2) is 7.64. The molecule has 2 rings (SSSR count). The lowest BCUT2D eigenvalue weighted by molar-refractivity contribution is 0.0951. The van der Waals surface area contributed by atoms with Crippen molar-refractivity contribution in [2.45, 2.75) is 19.4 Å². The van der Waals surface area contributed by atoms with Gasteiger partial charge in [0, 0.05) is 18.7 Å². The highest BCUT2D eigenvalue weighted by molar-refractivity contribution is 5.94. The Morgan fingerprint density at radius 2 is 2.00 bits per heavy atom. The Morgan fingerprint density at radius 3 is 2.62 bits per heavy atom. The van der Waals surface area contributed by atoms with Gasteiger partial charge in [0.2, 0.25) is 0 Å². The average Bonchev–Trinajstić information content (AvgIpc) is 2.99. The van der Waals surface area contributed by atoms with Crippen LogP contribution in [0.5, 0.6) is 0 Å². The van der Waals surface area contributed by atoms with Crippen LogP contribution < -0.4 is 21.7 Å². The van der Waals surface area contributed by atoms with E-state index in [0.717, 1.165) is 25.1 Å². The third-order valence-electron chi connectivity index (χ3n) is 3.68. The standard InChI is InChI=1S/C15H22N4O2/c16-15(21)19-10-11-1-3-13(4-2-11)14(20)18-8-6-12-5-7-17-9-12/h1-4,12,17H,5-10H2,(H,18,20)(H3,16,19,21). The average molecular weight is 290 g/mol. The number of amides is 3. The van der Waals surface area contributed by atoms with Crippen molar-refractivity contribution in [3.63, 3.8) is 0 Å². The molecule has 0 aliphatic carbocycles. The topological polar surface area (TPSA) is 96.2 Å². The molecule has 1 aliphatic rings. The van der Waals surface area contributed by atoms with Crippen LogP contribution in [0.3, 0.4) is 0 Å². The van der Waals surface area contributed by atoms with E-state index in [1.807, 2.05) is 12.1 Å². The van der Waals surface area contributed by atoms with E-state index in [1.54, 1.807) is 12.1 Å². The monoisotopic (exact) mass is 290 g/mol. The SMILES string of the molecule is NC(=O)NCc1ccc(C(=O)NCCC2CCNC2)cc1. The Kier molecular flexibility index (Phi) is 5.57. The molecule has 0 bridgehead atoms. The Balaban J connectivity index is 1.75. The Bertz CT molecular complexity index is 481. The molecule has 1 aromatic rings. The summed E-state index contributed by atoms with van der Waals surface area (Å²) in [5, 5.41) is 8.76. The summed E-state index contributed by atoms with van der Waals surface area (Å²) in [6, 6.07) is 6.57. The van der Waals surface area contributed by atoms with Gasteiger partial charge < -0.3 is 21.7 Å². The van der Waals surface area contributed by atoms with Crippen LogP contribution in [0.4, 0.5) is 4.79 Å². The van der Waals surface area contributed by atoms with E-state index in [1.165, 1.54) is 6.42 Å². The van der Waals surface area contributed by atoms with Crippen LogP contribution in [0.2, 0.25) is 0 Å². The summed E-state index contributed by atoms with van der Waals surface area (Å²) in [5.41, 5.74) is 6.54. The number of rotatable bonds is 6. The zero-order valence-electron chi connectivity index (χ0n) is 12.0. The lowest BCUT2D eigenvalue weighted by atomic mass is 10.1. The van der Waals surface area contributed by atoms with Gasteiger partial charge in [-0.2, -0.15) is 0 Å². The van der Waals surface area contributed by atoms with E-state index in [-0.39, 0.29) is 5.91 Å². The molecule has 21 heavy (non-hydrogen) atoms. The Hall–Kier alpha value is -2.08. The van der Waals surface area contributed by atoms with Crippen LogP contribution in [-0.2, 0) is 6.54 Å². The van der Waals surface area contributed by atoms with Crippen molar-refractivity contribution in [1.29, 1.82) is 0 Å². The molecule has 5 N–H and O–H groups in total. The van der Waals surface area contributed by atoms with Crippen LogP contribution in [0, 0.1) is 5.92 Å². The Morgan fingerprint density at radius 1 is 1.24 bits per heavy atom. The minimum absolute atomic E-state index is 0.0598. The van der Waals surface area contributed by atoms with E-state index in [9.17, 15) is 9.59 Å². The normalized spacial score (nSPS) is 17.4. The molecule has 0 radical (unpaired) electrons. The van der Waals surface area contributed by atoms with Crippen molar-refractivity contribution < 1.29 is 9.59 Å². The molecule has 1 aliphatic heterocycles. The predicted molar refractivity (Wildman–Crippen MR) is 80.8 cm³/mol. The molecule has 1 fully saturated rings. The number of carbonyl (C=O) groups excluding carboxylic acids is 2. The molecule has 1 atom stereocenters. The molecule has 114 valence electrons. The lowest BCUT2D eigenvalue weighted by Crippen LogP contribution is -2.28. The van der Waals surface area contributed by atoms with Crippen molar-refractivity contribution in [3.8, 4) is 0 Å². The summed E-state index contributed by atoms with van der Waals surface area (Å²) in [4.78, 5) is 22.6. The molecule has 0 spiro atoms. The zero-order valence-corrected chi connectivity index (χ0v) is 12.0. The predicted octanol–water partition coefficient (Wildman–Crippen LogP) is 0.584. The number of carbonyl (C=O) groups is 2. The summed E-state index contributed by atoms with van der Waals surface area (Å²) in [5.74, 6) is 0.614. The molecule has 6 nitrogen and oxygen atoms in total. The van der Waals surface area contributed by atoms with E-state index < -0.39 is 6.03 Å². The zero-order chi connectivity index (χ0) is 15.1. The fraction of sp³-hybridized carbons (Fsp3) is 0.467. The van der Waals surface area contributed by atoms with Gasteiger partial charge in [-0.1, -0.05) is 12.1 Å². The van der Waals surface area contributed by atoms with E-state index >= 15 is 0 Å². The molecular formula is C15H22N4O2. The maximum atomic E-state index is 12.0. The van der Waals surface area contributed by atoms with Gasteiger partial charge in [-0.05, 0) is 49.5 Å². The number of nitrogens with one attached hydrogen (secondary N) is 3. The third-order valence-corrected chi connectivity index (χ3v) is 3.68. The number of hydrogen-bond donors (Lipinski definition) is 4. The molecule has 1 aromatic carbocycles. The minimum atomic E-state index is -0.557. The molecule has 6 heteroatoms. The fourth-order valence-electron chi connectivity index (χ4n) is 2.42. The maximum absolute atomic E-state index is 12.0. The van der Waals surface area contributed by atoms with Crippen molar-refractivity contribution >= 4 is 11.9 Å². The smallest absolute Gasteiger partial charge is 0.312 e. The number of urea groups is 1. The van der Waals surface area contributed by atoms with Crippen molar-refractivity contribution in [1.82, 2.24) is 16.0 Å². The van der Waals surface area contributed by atoms with Gasteiger partial charge in [0.1, 0.15) is 0 Å². The molecule has 1 unspecified atom stereocenters. The van der Waals surface area contributed by atoms with Gasteiger partial charge in [0.15, 0.2) is 0 Å². The van der Waals surface area contributed by atoms with Gasteiger partial charge in [-0.25, -0.2) is 4.79 Å². The summed E-state index contributed by atoms with van der Waals surface area (Å²) in [6.45, 7) is 3.21. The molecule has 3 amide bonds. The van der Waals surface area contributed by atoms with Crippen LogP contribution in [0.1, 0.15) is 28.8 Å². The highest BCUT2D eigenvalue weighted by atomic mass is 16.2. The van der Waals surface area contributed by atoms with Crippen molar-refractivity contribution in [2.75, 3.05) is 19.6 Å². The summed E-state index contributed by atoms with van der Waals surface area (Å²) in [7, 11) is 0. The van der Waals surface area contributed by atoms with Gasteiger partial charge in [0.05, 0.1) is 0 Å². The molecule has 1 heterocycles. The maximum Gasteiger partial charge on any atom is 0.312 e. The van der Waals surface area contributed by atoms with Gasteiger partial charge in [-0.15, -0.1) is 0 Å². The van der Waals surface area contributed by atoms with Crippen molar-refractivity contribution in [2.24, 2.45) is 11.7 Å². The van der Waals surface area contributed by atoms with Gasteiger partial charge >= 0.3 is 6.03 Å². The summed E-state index contributed by atoms with van der Waals surface area (Å²) in [6.07, 6.45) is 2.21. The van der Waals surface area contributed by atoms with E-state index in [4.69, 9.17) is 5.73 Å². The highest BCUT2D eigenvalue weighted by Crippen LogP contribution is 2.11. The van der Waals surface area contributed by atoms with Gasteiger partial charge in [-0.3, -0.25) is 4.79 Å². The number of primary amides is 1. The first-order valence-electron chi connectivity index (χ1n) is 7.26. The molecule has 0 saturated carbocycles.